The Bertz CT molecular complexity index is 294. The van der Waals surface area contributed by atoms with Crippen LogP contribution in [0.3, 0.4) is 0 Å². The zero-order chi connectivity index (χ0) is 14.1. The molecule has 1 fully saturated rings. The number of nitrogens with zero attached hydrogens (tertiary/aromatic N) is 1. The van der Waals surface area contributed by atoms with Crippen LogP contribution < -0.4 is 16.0 Å². The Balaban J connectivity index is 2.15. The molecule has 1 aliphatic heterocycles. The Labute approximate surface area is 115 Å². The number of piperidine rings is 1. The van der Waals surface area contributed by atoms with Crippen LogP contribution in [0, 0.1) is 5.92 Å². The largest absolute Gasteiger partial charge is 0.355 e. The van der Waals surface area contributed by atoms with Gasteiger partial charge in [-0.15, -0.1) is 0 Å². The molecule has 0 saturated carbocycles. The summed E-state index contributed by atoms with van der Waals surface area (Å²) in [4.78, 5) is 24.6. The summed E-state index contributed by atoms with van der Waals surface area (Å²) in [6.45, 7) is 5.91. The molecule has 0 radical (unpaired) electrons. The van der Waals surface area contributed by atoms with Crippen LogP contribution in [0.4, 0.5) is 0 Å². The third kappa shape index (κ3) is 7.12. The average Bonchev–Trinajstić information content (AvgIpc) is 2.35. The van der Waals surface area contributed by atoms with E-state index in [1.807, 2.05) is 7.05 Å². The van der Waals surface area contributed by atoms with Gasteiger partial charge >= 0.3 is 0 Å². The lowest BCUT2D eigenvalue weighted by atomic mass is 9.98. The van der Waals surface area contributed by atoms with Crippen molar-refractivity contribution >= 4 is 11.8 Å². The summed E-state index contributed by atoms with van der Waals surface area (Å²) >= 11 is 0. The van der Waals surface area contributed by atoms with Gasteiger partial charge in [-0.2, -0.15) is 0 Å². The van der Waals surface area contributed by atoms with E-state index in [2.05, 4.69) is 20.9 Å². The van der Waals surface area contributed by atoms with Crippen molar-refractivity contribution in [3.63, 3.8) is 0 Å². The SMILES string of the molecule is CNCC1CCCN(CC(=O)NCCNC(C)=O)C1. The minimum atomic E-state index is -0.0693. The number of amides is 2. The molecule has 19 heavy (non-hydrogen) atoms. The highest BCUT2D eigenvalue weighted by Gasteiger charge is 2.20. The monoisotopic (exact) mass is 270 g/mol. The normalized spacial score (nSPS) is 20.0. The fraction of sp³-hybridized carbons (Fsp3) is 0.846. The number of likely N-dealkylation sites (tertiary alicyclic amines) is 1. The van der Waals surface area contributed by atoms with Gasteiger partial charge in [-0.25, -0.2) is 0 Å². The summed E-state index contributed by atoms with van der Waals surface area (Å²) in [6, 6.07) is 0. The van der Waals surface area contributed by atoms with Gasteiger partial charge in [0.1, 0.15) is 0 Å². The van der Waals surface area contributed by atoms with Crippen LogP contribution in [0.2, 0.25) is 0 Å². The van der Waals surface area contributed by atoms with Gasteiger partial charge in [-0.05, 0) is 38.9 Å². The van der Waals surface area contributed by atoms with Crippen molar-refractivity contribution < 1.29 is 9.59 Å². The highest BCUT2D eigenvalue weighted by atomic mass is 16.2. The fourth-order valence-corrected chi connectivity index (χ4v) is 2.45. The van der Waals surface area contributed by atoms with Gasteiger partial charge in [0.15, 0.2) is 0 Å². The van der Waals surface area contributed by atoms with Crippen LogP contribution in [0.25, 0.3) is 0 Å². The lowest BCUT2D eigenvalue weighted by Gasteiger charge is -2.32. The first-order valence-corrected chi connectivity index (χ1v) is 7.00. The Hall–Kier alpha value is -1.14. The van der Waals surface area contributed by atoms with E-state index in [-0.39, 0.29) is 11.8 Å². The van der Waals surface area contributed by atoms with Crippen molar-refractivity contribution in [2.24, 2.45) is 5.92 Å². The Morgan fingerprint density at radius 1 is 1.26 bits per heavy atom. The van der Waals surface area contributed by atoms with Gasteiger partial charge in [-0.1, -0.05) is 0 Å². The molecule has 1 aliphatic rings. The predicted octanol–water partition coefficient (Wildman–Crippen LogP) is -0.830. The van der Waals surface area contributed by atoms with E-state index in [0.29, 0.717) is 25.6 Å². The maximum Gasteiger partial charge on any atom is 0.234 e. The molecule has 1 rings (SSSR count). The second kappa shape index (κ2) is 8.87. The van der Waals surface area contributed by atoms with Gasteiger partial charge in [0.05, 0.1) is 6.54 Å². The molecule has 1 saturated heterocycles. The Kier molecular flexibility index (Phi) is 7.43. The lowest BCUT2D eigenvalue weighted by Crippen LogP contribution is -2.45. The van der Waals surface area contributed by atoms with Crippen molar-refractivity contribution in [3.8, 4) is 0 Å². The first-order chi connectivity index (χ1) is 9.11. The van der Waals surface area contributed by atoms with Crippen LogP contribution in [0.1, 0.15) is 19.8 Å². The van der Waals surface area contributed by atoms with Crippen LogP contribution in [0.5, 0.6) is 0 Å². The molecule has 0 spiro atoms. The highest BCUT2D eigenvalue weighted by Crippen LogP contribution is 2.14. The highest BCUT2D eigenvalue weighted by molar-refractivity contribution is 5.78. The van der Waals surface area contributed by atoms with Gasteiger partial charge in [0.2, 0.25) is 11.8 Å². The first kappa shape index (κ1) is 15.9. The maximum absolute atomic E-state index is 11.7. The summed E-state index contributed by atoms with van der Waals surface area (Å²) < 4.78 is 0. The maximum atomic E-state index is 11.7. The van der Waals surface area contributed by atoms with Gasteiger partial charge < -0.3 is 16.0 Å². The van der Waals surface area contributed by atoms with Crippen molar-refractivity contribution in [2.45, 2.75) is 19.8 Å². The van der Waals surface area contributed by atoms with E-state index < -0.39 is 0 Å². The smallest absolute Gasteiger partial charge is 0.234 e. The zero-order valence-corrected chi connectivity index (χ0v) is 12.0. The van der Waals surface area contributed by atoms with Crippen LogP contribution >= 0.6 is 0 Å². The molecule has 0 aromatic heterocycles. The van der Waals surface area contributed by atoms with Gasteiger partial charge in [0.25, 0.3) is 0 Å². The third-order valence-electron chi connectivity index (χ3n) is 3.28. The van der Waals surface area contributed by atoms with Crippen molar-refractivity contribution in [1.29, 1.82) is 0 Å². The summed E-state index contributed by atoms with van der Waals surface area (Å²) in [5.74, 6) is 0.613. The average molecular weight is 270 g/mol. The second-order valence-corrected chi connectivity index (χ2v) is 5.13. The molecule has 6 heteroatoms. The van der Waals surface area contributed by atoms with Crippen molar-refractivity contribution in [1.82, 2.24) is 20.9 Å². The van der Waals surface area contributed by atoms with E-state index in [1.54, 1.807) is 0 Å². The van der Waals surface area contributed by atoms with Gasteiger partial charge in [-0.3, -0.25) is 14.5 Å². The summed E-state index contributed by atoms with van der Waals surface area (Å²) in [7, 11) is 1.97. The summed E-state index contributed by atoms with van der Waals surface area (Å²) in [5.41, 5.74) is 0. The van der Waals surface area contributed by atoms with Crippen LogP contribution in [0.15, 0.2) is 0 Å². The second-order valence-electron chi connectivity index (χ2n) is 5.13. The molecule has 1 atom stereocenters. The van der Waals surface area contributed by atoms with E-state index in [4.69, 9.17) is 0 Å². The topological polar surface area (TPSA) is 73.5 Å². The number of rotatable bonds is 7. The number of carbonyl (C=O) groups excluding carboxylic acids is 2. The molecule has 3 N–H and O–H groups in total. The number of hydrogen-bond donors (Lipinski definition) is 3. The minimum absolute atomic E-state index is 0.0375. The van der Waals surface area contributed by atoms with Crippen molar-refractivity contribution in [2.75, 3.05) is 46.3 Å². The molecule has 0 aromatic carbocycles. The molecular formula is C13H26N4O2. The lowest BCUT2D eigenvalue weighted by molar-refractivity contribution is -0.123. The fourth-order valence-electron chi connectivity index (χ4n) is 2.45. The molecule has 1 unspecified atom stereocenters. The molecule has 0 aliphatic carbocycles. The summed E-state index contributed by atoms with van der Waals surface area (Å²) in [5, 5.41) is 8.67. The molecule has 1 heterocycles. The number of nitrogens with one attached hydrogen (secondary N) is 3. The molecular weight excluding hydrogens is 244 g/mol. The molecule has 2 amide bonds. The van der Waals surface area contributed by atoms with Gasteiger partial charge in [0, 0.05) is 26.6 Å². The standard InChI is InChI=1S/C13H26N4O2/c1-11(18)15-5-6-16-13(19)10-17-7-3-4-12(9-17)8-14-2/h12,14H,3-10H2,1-2H3,(H,15,18)(H,16,19). The van der Waals surface area contributed by atoms with E-state index in [9.17, 15) is 9.59 Å². The van der Waals surface area contributed by atoms with E-state index in [1.165, 1.54) is 13.3 Å². The molecule has 110 valence electrons. The zero-order valence-electron chi connectivity index (χ0n) is 12.0. The minimum Gasteiger partial charge on any atom is -0.355 e. The number of hydrogen-bond acceptors (Lipinski definition) is 4. The Morgan fingerprint density at radius 2 is 2.00 bits per heavy atom. The number of carbonyl (C=O) groups is 2. The Morgan fingerprint density at radius 3 is 2.68 bits per heavy atom. The first-order valence-electron chi connectivity index (χ1n) is 7.00. The van der Waals surface area contributed by atoms with Crippen molar-refractivity contribution in [3.05, 3.63) is 0 Å². The quantitative estimate of drug-likeness (QED) is 0.528. The van der Waals surface area contributed by atoms with Crippen LogP contribution in [-0.4, -0.2) is 63.0 Å². The third-order valence-corrected chi connectivity index (χ3v) is 3.28. The van der Waals surface area contributed by atoms with E-state index in [0.717, 1.165) is 26.1 Å². The molecule has 0 bridgehead atoms. The molecule has 0 aromatic rings. The van der Waals surface area contributed by atoms with Crippen LogP contribution in [-0.2, 0) is 9.59 Å². The van der Waals surface area contributed by atoms with E-state index >= 15 is 0 Å². The molecule has 6 nitrogen and oxygen atoms in total. The predicted molar refractivity (Wildman–Crippen MR) is 74.8 cm³/mol. The summed E-state index contributed by atoms with van der Waals surface area (Å²) in [6.07, 6.45) is 2.40.